The molecule has 0 radical (unpaired) electrons. The summed E-state index contributed by atoms with van der Waals surface area (Å²) in [6.45, 7) is 0. The maximum atomic E-state index is 1.62. The molecule has 0 saturated heterocycles. The summed E-state index contributed by atoms with van der Waals surface area (Å²) < 4.78 is 0. The molecule has 3 saturated carbocycles. The number of rotatable bonds is 0. The summed E-state index contributed by atoms with van der Waals surface area (Å²) in [5.41, 5.74) is 0. The van der Waals surface area contributed by atoms with E-state index >= 15 is 0 Å². The second-order valence-corrected chi connectivity index (χ2v) is 4.59. The van der Waals surface area contributed by atoms with E-state index in [0.29, 0.717) is 0 Å². The predicted octanol–water partition coefficient (Wildman–Crippen LogP) is 2.83. The van der Waals surface area contributed by atoms with E-state index in [9.17, 15) is 0 Å². The van der Waals surface area contributed by atoms with Crippen LogP contribution in [0.2, 0.25) is 0 Å². The molecule has 0 aromatic carbocycles. The molecule has 3 fully saturated rings. The summed E-state index contributed by atoms with van der Waals surface area (Å²) in [5.74, 6) is 4.80. The van der Waals surface area contributed by atoms with Crippen LogP contribution in [0, 0.1) is 23.7 Å². The van der Waals surface area contributed by atoms with Gasteiger partial charge in [0.1, 0.15) is 0 Å². The van der Waals surface area contributed by atoms with Crippen LogP contribution in [0.5, 0.6) is 0 Å². The third kappa shape index (κ3) is 0.538. The van der Waals surface area contributed by atoms with Gasteiger partial charge in [-0.1, -0.05) is 6.42 Å². The van der Waals surface area contributed by atoms with Crippen molar-refractivity contribution in [3.63, 3.8) is 0 Å². The molecule has 0 heterocycles. The van der Waals surface area contributed by atoms with E-state index in [1.165, 1.54) is 23.7 Å². The van der Waals surface area contributed by atoms with Gasteiger partial charge >= 0.3 is 0 Å². The number of hydrogen-bond acceptors (Lipinski definition) is 0. The van der Waals surface area contributed by atoms with Crippen LogP contribution in [-0.4, -0.2) is 0 Å². The lowest BCUT2D eigenvalue weighted by molar-refractivity contribution is 0.259. The smallest absolute Gasteiger partial charge is 0.0355 e. The molecule has 4 atom stereocenters. The fraction of sp³-hybridized carbons (Fsp3) is 1.00. The molecule has 0 amide bonds. The lowest BCUT2D eigenvalue weighted by Crippen LogP contribution is -2.15. The Morgan fingerprint density at radius 1 is 0.700 bits per heavy atom. The minimum atomic E-state index is 1.19. The maximum Gasteiger partial charge on any atom is -0.0355 e. The summed E-state index contributed by atoms with van der Waals surface area (Å²) in [6, 6.07) is 0. The Kier molecular flexibility index (Phi) is 1.00. The van der Waals surface area contributed by atoms with E-state index in [1.54, 1.807) is 38.5 Å². The van der Waals surface area contributed by atoms with Crippen LogP contribution >= 0.6 is 0 Å². The van der Waals surface area contributed by atoms with Crippen LogP contribution in [0.25, 0.3) is 0 Å². The summed E-state index contributed by atoms with van der Waals surface area (Å²) >= 11 is 0. The molecule has 0 aromatic heterocycles. The van der Waals surface area contributed by atoms with E-state index in [1.807, 2.05) is 0 Å². The van der Waals surface area contributed by atoms with Gasteiger partial charge in [-0.2, -0.15) is 0 Å². The van der Waals surface area contributed by atoms with Crippen molar-refractivity contribution in [1.82, 2.24) is 0 Å². The average molecular weight is 136 g/mol. The van der Waals surface area contributed by atoms with Crippen LogP contribution in [0.3, 0.4) is 0 Å². The maximum absolute atomic E-state index is 1.62. The molecule has 0 N–H and O–H groups in total. The minimum absolute atomic E-state index is 1.19. The molecule has 3 aliphatic rings. The van der Waals surface area contributed by atoms with Gasteiger partial charge in [-0.25, -0.2) is 0 Å². The Balaban J connectivity index is 1.92. The van der Waals surface area contributed by atoms with Crippen molar-refractivity contribution in [2.75, 3.05) is 0 Å². The standard InChI is InChI=1S/C10H16/c1-2-9-7-4-5-8(6-7)10(9)3-1/h7-10H,1-6H2/t7?,8?,9-,10-/m0/s1. The zero-order valence-corrected chi connectivity index (χ0v) is 6.55. The zero-order valence-electron chi connectivity index (χ0n) is 6.55. The first-order chi connectivity index (χ1) is 4.95. The fourth-order valence-electron chi connectivity index (χ4n) is 4.02. The fourth-order valence-corrected chi connectivity index (χ4v) is 4.02. The first kappa shape index (κ1) is 5.62. The Labute approximate surface area is 63.0 Å². The van der Waals surface area contributed by atoms with Gasteiger partial charge in [0.05, 0.1) is 0 Å². The van der Waals surface area contributed by atoms with Crippen molar-refractivity contribution in [2.24, 2.45) is 23.7 Å². The Bertz CT molecular complexity index is 134. The lowest BCUT2D eigenvalue weighted by Gasteiger charge is -2.23. The summed E-state index contributed by atoms with van der Waals surface area (Å²) in [6.07, 6.45) is 9.53. The SMILES string of the molecule is C1C[C@H]2C3CCC(C3)[C@@H]2C1. The van der Waals surface area contributed by atoms with E-state index < -0.39 is 0 Å². The molecular weight excluding hydrogens is 120 g/mol. The molecule has 3 aliphatic carbocycles. The van der Waals surface area contributed by atoms with Crippen LogP contribution in [0.4, 0.5) is 0 Å². The average Bonchev–Trinajstić information content (AvgIpc) is 2.60. The molecular formula is C10H16. The second-order valence-electron chi connectivity index (χ2n) is 4.59. The molecule has 2 bridgehead atoms. The highest BCUT2D eigenvalue weighted by Gasteiger charge is 2.48. The molecule has 0 heteroatoms. The first-order valence-corrected chi connectivity index (χ1v) is 4.95. The molecule has 0 aromatic rings. The molecule has 0 aliphatic heterocycles. The van der Waals surface area contributed by atoms with Crippen molar-refractivity contribution in [2.45, 2.75) is 38.5 Å². The van der Waals surface area contributed by atoms with Crippen molar-refractivity contribution < 1.29 is 0 Å². The Morgan fingerprint density at radius 3 is 1.90 bits per heavy atom. The second kappa shape index (κ2) is 1.78. The van der Waals surface area contributed by atoms with Gasteiger partial charge in [-0.3, -0.25) is 0 Å². The van der Waals surface area contributed by atoms with Gasteiger partial charge in [0.2, 0.25) is 0 Å². The summed E-state index contributed by atoms with van der Waals surface area (Å²) in [4.78, 5) is 0. The van der Waals surface area contributed by atoms with Gasteiger partial charge in [-0.05, 0) is 55.8 Å². The first-order valence-electron chi connectivity index (χ1n) is 4.95. The number of hydrogen-bond donors (Lipinski definition) is 0. The van der Waals surface area contributed by atoms with Crippen molar-refractivity contribution in [1.29, 1.82) is 0 Å². The molecule has 10 heavy (non-hydrogen) atoms. The van der Waals surface area contributed by atoms with Gasteiger partial charge in [0, 0.05) is 0 Å². The third-order valence-electron chi connectivity index (χ3n) is 4.35. The highest BCUT2D eigenvalue weighted by atomic mass is 14.5. The summed E-state index contributed by atoms with van der Waals surface area (Å²) in [5, 5.41) is 0. The monoisotopic (exact) mass is 136 g/mol. The Morgan fingerprint density at radius 2 is 1.30 bits per heavy atom. The molecule has 56 valence electrons. The molecule has 3 rings (SSSR count). The van der Waals surface area contributed by atoms with Crippen LogP contribution in [0.1, 0.15) is 38.5 Å². The van der Waals surface area contributed by atoms with Crippen molar-refractivity contribution >= 4 is 0 Å². The van der Waals surface area contributed by atoms with Crippen LogP contribution < -0.4 is 0 Å². The Hall–Kier alpha value is 0. The highest BCUT2D eigenvalue weighted by molar-refractivity contribution is 4.98. The van der Waals surface area contributed by atoms with E-state index in [0.717, 1.165) is 0 Å². The topological polar surface area (TPSA) is 0 Å². The van der Waals surface area contributed by atoms with E-state index in [4.69, 9.17) is 0 Å². The van der Waals surface area contributed by atoms with Crippen LogP contribution in [-0.2, 0) is 0 Å². The van der Waals surface area contributed by atoms with Gasteiger partial charge in [0.15, 0.2) is 0 Å². The lowest BCUT2D eigenvalue weighted by atomic mass is 9.82. The summed E-state index contributed by atoms with van der Waals surface area (Å²) in [7, 11) is 0. The van der Waals surface area contributed by atoms with Crippen molar-refractivity contribution in [3.05, 3.63) is 0 Å². The normalized spacial score (nSPS) is 57.6. The van der Waals surface area contributed by atoms with Gasteiger partial charge < -0.3 is 0 Å². The third-order valence-corrected chi connectivity index (χ3v) is 4.35. The molecule has 0 nitrogen and oxygen atoms in total. The number of fused-ring (bicyclic) bond motifs is 5. The molecule has 2 unspecified atom stereocenters. The van der Waals surface area contributed by atoms with Crippen molar-refractivity contribution in [3.8, 4) is 0 Å². The highest BCUT2D eigenvalue weighted by Crippen LogP contribution is 2.58. The van der Waals surface area contributed by atoms with Crippen LogP contribution in [0.15, 0.2) is 0 Å². The quantitative estimate of drug-likeness (QED) is 0.480. The largest absolute Gasteiger partial charge is 0.0527 e. The zero-order chi connectivity index (χ0) is 6.55. The predicted molar refractivity (Wildman–Crippen MR) is 41.7 cm³/mol. The minimum Gasteiger partial charge on any atom is -0.0527 e. The van der Waals surface area contributed by atoms with E-state index in [2.05, 4.69) is 0 Å². The van der Waals surface area contributed by atoms with Gasteiger partial charge in [-0.15, -0.1) is 0 Å². The molecule has 0 spiro atoms. The van der Waals surface area contributed by atoms with Gasteiger partial charge in [0.25, 0.3) is 0 Å². The van der Waals surface area contributed by atoms with E-state index in [-0.39, 0.29) is 0 Å².